The summed E-state index contributed by atoms with van der Waals surface area (Å²) in [6.07, 6.45) is 0.933. The van der Waals surface area contributed by atoms with Gasteiger partial charge in [-0.3, -0.25) is 4.79 Å². The summed E-state index contributed by atoms with van der Waals surface area (Å²) >= 11 is 0. The molecule has 16 heavy (non-hydrogen) atoms. The molecule has 0 aliphatic carbocycles. The fourth-order valence-electron chi connectivity index (χ4n) is 1.15. The second kappa shape index (κ2) is 6.24. The van der Waals surface area contributed by atoms with Gasteiger partial charge in [-0.1, -0.05) is 48.0 Å². The molecular formula is C13H28N2O. The second-order valence-corrected chi connectivity index (χ2v) is 5.77. The van der Waals surface area contributed by atoms with Gasteiger partial charge in [-0.05, 0) is 17.3 Å². The molecule has 2 unspecified atom stereocenters. The molecule has 0 aromatic carbocycles. The van der Waals surface area contributed by atoms with Gasteiger partial charge >= 0.3 is 0 Å². The third-order valence-corrected chi connectivity index (χ3v) is 3.84. The highest BCUT2D eigenvalue weighted by Gasteiger charge is 2.25. The lowest BCUT2D eigenvalue weighted by Gasteiger charge is -2.30. The Hall–Kier alpha value is -0.570. The highest BCUT2D eigenvalue weighted by molar-refractivity contribution is 5.81. The van der Waals surface area contributed by atoms with Gasteiger partial charge in [-0.2, -0.15) is 0 Å². The minimum Gasteiger partial charge on any atom is -0.354 e. The zero-order chi connectivity index (χ0) is 12.9. The van der Waals surface area contributed by atoms with E-state index in [9.17, 15) is 4.79 Å². The maximum absolute atomic E-state index is 11.8. The lowest BCUT2D eigenvalue weighted by Crippen LogP contribution is -2.47. The Labute approximate surface area is 100 Å². The number of hydrogen-bond donors (Lipinski definition) is 2. The van der Waals surface area contributed by atoms with E-state index in [0.717, 1.165) is 6.42 Å². The lowest BCUT2D eigenvalue weighted by molar-refractivity contribution is -0.124. The predicted molar refractivity (Wildman–Crippen MR) is 69.1 cm³/mol. The Bertz CT molecular complexity index is 224. The van der Waals surface area contributed by atoms with Gasteiger partial charge in [0.25, 0.3) is 0 Å². The molecule has 2 atom stereocenters. The normalized spacial score (nSPS) is 16.0. The van der Waals surface area contributed by atoms with E-state index in [0.29, 0.717) is 12.5 Å². The molecule has 0 saturated carbocycles. The van der Waals surface area contributed by atoms with Crippen LogP contribution in [0.2, 0.25) is 0 Å². The summed E-state index contributed by atoms with van der Waals surface area (Å²) in [7, 11) is 0. The van der Waals surface area contributed by atoms with E-state index in [1.165, 1.54) is 0 Å². The quantitative estimate of drug-likeness (QED) is 0.732. The Morgan fingerprint density at radius 1 is 1.31 bits per heavy atom. The lowest BCUT2D eigenvalue weighted by atomic mass is 9.81. The largest absolute Gasteiger partial charge is 0.354 e. The van der Waals surface area contributed by atoms with Gasteiger partial charge in [0.15, 0.2) is 0 Å². The molecule has 1 amide bonds. The zero-order valence-electron chi connectivity index (χ0n) is 11.6. The number of carbonyl (C=O) groups excluding carboxylic acids is 1. The molecule has 0 bridgehead atoms. The van der Waals surface area contributed by atoms with Gasteiger partial charge < -0.3 is 11.1 Å². The molecule has 0 aliphatic heterocycles. The third kappa shape index (κ3) is 4.52. The van der Waals surface area contributed by atoms with Crippen LogP contribution >= 0.6 is 0 Å². The number of hydrogen-bond acceptors (Lipinski definition) is 2. The van der Waals surface area contributed by atoms with Crippen LogP contribution < -0.4 is 11.1 Å². The number of rotatable bonds is 6. The summed E-state index contributed by atoms with van der Waals surface area (Å²) < 4.78 is 0. The topological polar surface area (TPSA) is 55.1 Å². The van der Waals surface area contributed by atoms with Crippen LogP contribution in [0, 0.1) is 17.3 Å². The first kappa shape index (κ1) is 15.4. The molecule has 3 nitrogen and oxygen atoms in total. The molecule has 0 saturated heterocycles. The van der Waals surface area contributed by atoms with E-state index in [4.69, 9.17) is 5.73 Å². The smallest absolute Gasteiger partial charge is 0.237 e. The van der Waals surface area contributed by atoms with Crippen LogP contribution in [0.3, 0.4) is 0 Å². The average Bonchev–Trinajstić information content (AvgIpc) is 2.23. The first-order valence-corrected chi connectivity index (χ1v) is 6.25. The summed E-state index contributed by atoms with van der Waals surface area (Å²) in [5.74, 6) is 0.748. The van der Waals surface area contributed by atoms with Crippen molar-refractivity contribution < 1.29 is 4.79 Å². The molecule has 96 valence electrons. The van der Waals surface area contributed by atoms with E-state index in [1.54, 1.807) is 0 Å². The molecule has 0 radical (unpaired) electrons. The number of nitrogens with one attached hydrogen (secondary N) is 1. The highest BCUT2D eigenvalue weighted by atomic mass is 16.2. The number of carbonyl (C=O) groups is 1. The van der Waals surface area contributed by atoms with Crippen molar-refractivity contribution in [3.05, 3.63) is 0 Å². The van der Waals surface area contributed by atoms with Crippen molar-refractivity contribution in [3.8, 4) is 0 Å². The molecular weight excluding hydrogens is 200 g/mol. The van der Waals surface area contributed by atoms with E-state index in [1.807, 2.05) is 6.92 Å². The molecule has 0 spiro atoms. The predicted octanol–water partition coefficient (Wildman–Crippen LogP) is 2.16. The molecule has 3 N–H and O–H groups in total. The fourth-order valence-corrected chi connectivity index (χ4v) is 1.15. The maximum Gasteiger partial charge on any atom is 0.237 e. The Morgan fingerprint density at radius 2 is 1.81 bits per heavy atom. The van der Waals surface area contributed by atoms with E-state index < -0.39 is 0 Å². The van der Waals surface area contributed by atoms with Gasteiger partial charge in [-0.25, -0.2) is 0 Å². The summed E-state index contributed by atoms with van der Waals surface area (Å²) in [5, 5.41) is 2.96. The SMILES string of the molecule is CCC(C)C(N)C(=O)NCC(C)(C)C(C)C. The molecule has 0 rings (SSSR count). The van der Waals surface area contributed by atoms with Crippen LogP contribution in [0.15, 0.2) is 0 Å². The van der Waals surface area contributed by atoms with Crippen LogP contribution in [0.25, 0.3) is 0 Å². The highest BCUT2D eigenvalue weighted by Crippen LogP contribution is 2.24. The Morgan fingerprint density at radius 3 is 2.19 bits per heavy atom. The van der Waals surface area contributed by atoms with Crippen LogP contribution in [0.1, 0.15) is 48.0 Å². The molecule has 3 heteroatoms. The van der Waals surface area contributed by atoms with Crippen LogP contribution in [-0.4, -0.2) is 18.5 Å². The van der Waals surface area contributed by atoms with Crippen LogP contribution in [-0.2, 0) is 4.79 Å². The van der Waals surface area contributed by atoms with Gasteiger partial charge in [0, 0.05) is 6.54 Å². The molecule has 0 fully saturated rings. The Kier molecular flexibility index (Phi) is 6.01. The third-order valence-electron chi connectivity index (χ3n) is 3.84. The van der Waals surface area contributed by atoms with Gasteiger partial charge in [-0.15, -0.1) is 0 Å². The standard InChI is InChI=1S/C13H28N2O/c1-7-10(4)11(14)12(16)15-8-13(5,6)9(2)3/h9-11H,7-8,14H2,1-6H3,(H,15,16). The van der Waals surface area contributed by atoms with Gasteiger partial charge in [0.1, 0.15) is 0 Å². The number of amides is 1. The van der Waals surface area contributed by atoms with E-state index in [-0.39, 0.29) is 23.3 Å². The number of nitrogens with two attached hydrogens (primary N) is 1. The monoisotopic (exact) mass is 228 g/mol. The van der Waals surface area contributed by atoms with Crippen molar-refractivity contribution in [2.75, 3.05) is 6.54 Å². The van der Waals surface area contributed by atoms with Crippen LogP contribution in [0.4, 0.5) is 0 Å². The summed E-state index contributed by atoms with van der Waals surface area (Å²) in [4.78, 5) is 11.8. The van der Waals surface area contributed by atoms with E-state index >= 15 is 0 Å². The fraction of sp³-hybridized carbons (Fsp3) is 0.923. The van der Waals surface area contributed by atoms with Gasteiger partial charge in [0.2, 0.25) is 5.91 Å². The van der Waals surface area contributed by atoms with E-state index in [2.05, 4.69) is 39.9 Å². The first-order chi connectivity index (χ1) is 7.22. The Balaban J connectivity index is 4.17. The molecule has 0 aliphatic rings. The van der Waals surface area contributed by atoms with Gasteiger partial charge in [0.05, 0.1) is 6.04 Å². The van der Waals surface area contributed by atoms with Crippen molar-refractivity contribution in [2.45, 2.75) is 54.0 Å². The maximum atomic E-state index is 11.8. The molecule has 0 aromatic heterocycles. The first-order valence-electron chi connectivity index (χ1n) is 6.25. The zero-order valence-corrected chi connectivity index (χ0v) is 11.6. The second-order valence-electron chi connectivity index (χ2n) is 5.77. The van der Waals surface area contributed by atoms with Crippen molar-refractivity contribution in [3.63, 3.8) is 0 Å². The van der Waals surface area contributed by atoms with Crippen molar-refractivity contribution in [2.24, 2.45) is 23.0 Å². The minimum absolute atomic E-state index is 0.0249. The summed E-state index contributed by atoms with van der Waals surface area (Å²) in [6, 6.07) is -0.382. The van der Waals surface area contributed by atoms with Crippen molar-refractivity contribution in [1.82, 2.24) is 5.32 Å². The minimum atomic E-state index is -0.382. The summed E-state index contributed by atoms with van der Waals surface area (Å²) in [6.45, 7) is 13.4. The molecule has 0 aromatic rings. The van der Waals surface area contributed by atoms with Crippen molar-refractivity contribution in [1.29, 1.82) is 0 Å². The summed E-state index contributed by atoms with van der Waals surface area (Å²) in [5.41, 5.74) is 5.98. The average molecular weight is 228 g/mol. The van der Waals surface area contributed by atoms with Crippen LogP contribution in [0.5, 0.6) is 0 Å². The molecule has 0 heterocycles. The van der Waals surface area contributed by atoms with Crippen molar-refractivity contribution >= 4 is 5.91 Å².